The van der Waals surface area contributed by atoms with Gasteiger partial charge in [0.2, 0.25) is 0 Å². The molecule has 0 unspecified atom stereocenters. The van der Waals surface area contributed by atoms with Crippen molar-refractivity contribution in [3.63, 3.8) is 0 Å². The number of hydrogen-bond donors (Lipinski definition) is 0. The quantitative estimate of drug-likeness (QED) is 0.597. The molecule has 14 heavy (non-hydrogen) atoms. The van der Waals surface area contributed by atoms with Gasteiger partial charge in [0, 0.05) is 4.47 Å². The van der Waals surface area contributed by atoms with Crippen LogP contribution in [0.2, 0.25) is 0 Å². The van der Waals surface area contributed by atoms with Crippen LogP contribution < -0.4 is 0 Å². The second-order valence-electron chi connectivity index (χ2n) is 2.76. The molecule has 0 amide bonds. The third-order valence-electron chi connectivity index (χ3n) is 1.88. The number of allylic oxidation sites excluding steroid dienone is 2. The zero-order valence-corrected chi connectivity index (χ0v) is 9.63. The van der Waals surface area contributed by atoms with Crippen LogP contribution in [0.15, 0.2) is 34.5 Å². The molecule has 0 aliphatic heterocycles. The summed E-state index contributed by atoms with van der Waals surface area (Å²) in [6.07, 6.45) is 0. The molecule has 2 nitrogen and oxygen atoms in total. The van der Waals surface area contributed by atoms with Crippen LogP contribution in [0.25, 0.3) is 5.57 Å². The summed E-state index contributed by atoms with van der Waals surface area (Å²) in [5, 5.41) is 8.97. The van der Waals surface area contributed by atoms with Gasteiger partial charge in [-0.25, -0.2) is 0 Å². The van der Waals surface area contributed by atoms with Gasteiger partial charge in [0.25, 0.3) is 0 Å². The number of rotatable bonds is 2. The Labute approximate surface area is 91.9 Å². The summed E-state index contributed by atoms with van der Waals surface area (Å²) in [7, 11) is 1.56. The molecule has 0 N–H and O–H groups in total. The summed E-state index contributed by atoms with van der Waals surface area (Å²) in [5.74, 6) is 0.630. The fourth-order valence-corrected chi connectivity index (χ4v) is 1.49. The first kappa shape index (κ1) is 10.8. The number of nitrogens with zero attached hydrogens (tertiary/aromatic N) is 1. The van der Waals surface area contributed by atoms with Gasteiger partial charge in [-0.15, -0.1) is 0 Å². The van der Waals surface area contributed by atoms with Gasteiger partial charge in [0.15, 0.2) is 0 Å². The Balaban J connectivity index is 3.22. The number of benzene rings is 1. The minimum atomic E-state index is 0.564. The van der Waals surface area contributed by atoms with Crippen molar-refractivity contribution in [1.82, 2.24) is 0 Å². The van der Waals surface area contributed by atoms with Gasteiger partial charge in [0.05, 0.1) is 12.7 Å². The summed E-state index contributed by atoms with van der Waals surface area (Å²) >= 11 is 3.36. The van der Waals surface area contributed by atoms with E-state index in [4.69, 9.17) is 10.00 Å². The van der Waals surface area contributed by atoms with E-state index in [9.17, 15) is 0 Å². The van der Waals surface area contributed by atoms with Gasteiger partial charge < -0.3 is 4.74 Å². The summed E-state index contributed by atoms with van der Waals surface area (Å²) in [6.45, 7) is 1.78. The van der Waals surface area contributed by atoms with Crippen LogP contribution in [0, 0.1) is 11.3 Å². The molecule has 0 aromatic heterocycles. The first-order chi connectivity index (χ1) is 6.69. The largest absolute Gasteiger partial charge is 0.500 e. The van der Waals surface area contributed by atoms with Crippen LogP contribution in [-0.2, 0) is 4.74 Å². The normalized spacial score (nSPS) is 11.6. The molecule has 3 heteroatoms. The lowest BCUT2D eigenvalue weighted by Crippen LogP contribution is -1.89. The molecule has 0 bridgehead atoms. The van der Waals surface area contributed by atoms with E-state index in [0.29, 0.717) is 11.3 Å². The number of methoxy groups -OCH3 is 1. The molecule has 0 atom stereocenters. The van der Waals surface area contributed by atoms with Crippen LogP contribution in [-0.4, -0.2) is 7.11 Å². The molecule has 0 saturated carbocycles. The van der Waals surface area contributed by atoms with Gasteiger partial charge in [-0.05, 0) is 24.6 Å². The van der Waals surface area contributed by atoms with Crippen molar-refractivity contribution < 1.29 is 4.74 Å². The summed E-state index contributed by atoms with van der Waals surface area (Å²) < 4.78 is 5.99. The average Bonchev–Trinajstić information content (AvgIpc) is 2.19. The molecule has 72 valence electrons. The minimum absolute atomic E-state index is 0.564. The van der Waals surface area contributed by atoms with Crippen molar-refractivity contribution in [1.29, 1.82) is 5.26 Å². The molecular formula is C11H10BrNO. The Morgan fingerprint density at radius 3 is 2.71 bits per heavy atom. The summed E-state index contributed by atoms with van der Waals surface area (Å²) in [6, 6.07) is 9.71. The van der Waals surface area contributed by atoms with Gasteiger partial charge in [0.1, 0.15) is 11.8 Å². The molecule has 0 radical (unpaired) electrons. The van der Waals surface area contributed by atoms with Gasteiger partial charge in [-0.2, -0.15) is 5.26 Å². The first-order valence-corrected chi connectivity index (χ1v) is 4.89. The molecule has 0 spiro atoms. The Bertz CT molecular complexity index is 404. The number of ether oxygens (including phenoxy) is 1. The molecule has 0 aliphatic carbocycles. The maximum Gasteiger partial charge on any atom is 0.111 e. The van der Waals surface area contributed by atoms with Crippen molar-refractivity contribution >= 4 is 21.5 Å². The van der Waals surface area contributed by atoms with E-state index in [1.54, 1.807) is 14.0 Å². The van der Waals surface area contributed by atoms with Gasteiger partial charge >= 0.3 is 0 Å². The second-order valence-corrected chi connectivity index (χ2v) is 3.67. The van der Waals surface area contributed by atoms with Crippen LogP contribution >= 0.6 is 15.9 Å². The Hall–Kier alpha value is -1.27. The smallest absolute Gasteiger partial charge is 0.111 e. The van der Waals surface area contributed by atoms with Gasteiger partial charge in [-0.1, -0.05) is 28.1 Å². The third kappa shape index (κ3) is 2.36. The topological polar surface area (TPSA) is 33.0 Å². The van der Waals surface area contributed by atoms with Crippen LogP contribution in [0.3, 0.4) is 0 Å². The molecule has 0 heterocycles. The molecule has 0 fully saturated rings. The lowest BCUT2D eigenvalue weighted by atomic mass is 10.1. The van der Waals surface area contributed by atoms with E-state index in [1.807, 2.05) is 24.3 Å². The number of hydrogen-bond acceptors (Lipinski definition) is 2. The molecule has 1 aromatic rings. The van der Waals surface area contributed by atoms with Crippen LogP contribution in [0.4, 0.5) is 0 Å². The molecule has 0 saturated heterocycles. The van der Waals surface area contributed by atoms with E-state index in [1.165, 1.54) is 0 Å². The predicted molar refractivity (Wildman–Crippen MR) is 59.4 cm³/mol. The molecule has 1 aromatic carbocycles. The van der Waals surface area contributed by atoms with Crippen molar-refractivity contribution in [2.24, 2.45) is 0 Å². The zero-order valence-electron chi connectivity index (χ0n) is 8.04. The van der Waals surface area contributed by atoms with Crippen molar-refractivity contribution in [2.45, 2.75) is 6.92 Å². The third-order valence-corrected chi connectivity index (χ3v) is 2.38. The second kappa shape index (κ2) is 4.83. The summed E-state index contributed by atoms with van der Waals surface area (Å²) in [5.41, 5.74) is 1.43. The van der Waals surface area contributed by atoms with E-state index in [0.717, 1.165) is 10.0 Å². The monoisotopic (exact) mass is 251 g/mol. The van der Waals surface area contributed by atoms with Crippen molar-refractivity contribution in [3.8, 4) is 6.07 Å². The average molecular weight is 252 g/mol. The molecular weight excluding hydrogens is 242 g/mol. The first-order valence-electron chi connectivity index (χ1n) is 4.10. The standard InChI is InChI=1S/C11H10BrNO/c1-8(14-2)11(7-13)9-4-3-5-10(12)6-9/h3-6H,1-2H3/b11-8+. The van der Waals surface area contributed by atoms with E-state index in [2.05, 4.69) is 22.0 Å². The van der Waals surface area contributed by atoms with Crippen molar-refractivity contribution in [3.05, 3.63) is 40.1 Å². The highest BCUT2D eigenvalue weighted by molar-refractivity contribution is 9.10. The fraction of sp³-hybridized carbons (Fsp3) is 0.182. The SMILES string of the molecule is CO/C(C)=C(\C#N)c1cccc(Br)c1. The number of halogens is 1. The van der Waals surface area contributed by atoms with Gasteiger partial charge in [-0.3, -0.25) is 0 Å². The van der Waals surface area contributed by atoms with E-state index >= 15 is 0 Å². The Morgan fingerprint density at radius 1 is 1.50 bits per heavy atom. The molecule has 1 rings (SSSR count). The lowest BCUT2D eigenvalue weighted by Gasteiger charge is -2.04. The predicted octanol–water partition coefficient (Wildman–Crippen LogP) is 3.35. The van der Waals surface area contributed by atoms with Crippen molar-refractivity contribution in [2.75, 3.05) is 7.11 Å². The van der Waals surface area contributed by atoms with Crippen LogP contribution in [0.1, 0.15) is 12.5 Å². The Morgan fingerprint density at radius 2 is 2.21 bits per heavy atom. The maximum absolute atomic E-state index is 8.97. The van der Waals surface area contributed by atoms with E-state index < -0.39 is 0 Å². The van der Waals surface area contributed by atoms with Crippen LogP contribution in [0.5, 0.6) is 0 Å². The van der Waals surface area contributed by atoms with E-state index in [-0.39, 0.29) is 0 Å². The highest BCUT2D eigenvalue weighted by Gasteiger charge is 2.05. The lowest BCUT2D eigenvalue weighted by molar-refractivity contribution is 0.296. The zero-order chi connectivity index (χ0) is 10.6. The molecule has 0 aliphatic rings. The fourth-order valence-electron chi connectivity index (χ4n) is 1.09. The highest BCUT2D eigenvalue weighted by Crippen LogP contribution is 2.21. The summed E-state index contributed by atoms with van der Waals surface area (Å²) in [4.78, 5) is 0. The Kier molecular flexibility index (Phi) is 3.73. The maximum atomic E-state index is 8.97. The number of nitriles is 1. The highest BCUT2D eigenvalue weighted by atomic mass is 79.9. The minimum Gasteiger partial charge on any atom is -0.500 e.